The van der Waals surface area contributed by atoms with Gasteiger partial charge in [-0.1, -0.05) is 53.7 Å². The molecule has 4 aliphatic rings. The molecule has 4 rings (SSSR count). The predicted molar refractivity (Wildman–Crippen MR) is 125 cm³/mol. The van der Waals surface area contributed by atoms with Crippen LogP contribution in [0.1, 0.15) is 86.5 Å². The molecule has 0 aliphatic heterocycles. The van der Waals surface area contributed by atoms with Gasteiger partial charge < -0.3 is 10.2 Å². The van der Waals surface area contributed by atoms with Crippen LogP contribution in [0.2, 0.25) is 0 Å². The van der Waals surface area contributed by atoms with Crippen molar-refractivity contribution in [2.24, 2.45) is 58.2 Å². The topological polar surface area (TPSA) is 57.5 Å². The standard InChI is InChI=1S/C28H46O3/c1-16(2)17(3)25(30)26(31)18(4)20-10-11-21-19-15-24(29)23-9-7-8-13-27(23,5)22(19)12-14-28(20,21)6/h7-8,16-23,25-26,30-31H,9-15H2,1-6H3/t17-,18+,19+,20-,21+,22+,23-,25+,26+,27-,28-/m1/s1. The second-order valence-corrected chi connectivity index (χ2v) is 12.7. The Bertz CT molecular complexity index is 713. The number of hydrogen-bond acceptors (Lipinski definition) is 3. The Morgan fingerprint density at radius 1 is 0.935 bits per heavy atom. The van der Waals surface area contributed by atoms with E-state index in [0.717, 1.165) is 25.7 Å². The molecule has 0 saturated heterocycles. The second kappa shape index (κ2) is 8.28. The first-order chi connectivity index (χ1) is 14.5. The number of rotatable bonds is 5. The van der Waals surface area contributed by atoms with Crippen LogP contribution in [0.5, 0.6) is 0 Å². The summed E-state index contributed by atoms with van der Waals surface area (Å²) < 4.78 is 0. The van der Waals surface area contributed by atoms with Crippen LogP contribution in [-0.4, -0.2) is 28.2 Å². The van der Waals surface area contributed by atoms with Gasteiger partial charge in [-0.3, -0.25) is 4.79 Å². The van der Waals surface area contributed by atoms with Crippen molar-refractivity contribution in [3.8, 4) is 0 Å². The number of carbonyl (C=O) groups is 1. The van der Waals surface area contributed by atoms with Crippen LogP contribution in [0, 0.1) is 58.2 Å². The van der Waals surface area contributed by atoms with E-state index in [4.69, 9.17) is 0 Å². The maximum Gasteiger partial charge on any atom is 0.137 e. The van der Waals surface area contributed by atoms with Crippen LogP contribution in [0.3, 0.4) is 0 Å². The fourth-order valence-electron chi connectivity index (χ4n) is 8.81. The highest BCUT2D eigenvalue weighted by Gasteiger charge is 2.62. The minimum atomic E-state index is -0.672. The van der Waals surface area contributed by atoms with Crippen LogP contribution in [-0.2, 0) is 4.79 Å². The molecule has 176 valence electrons. The molecule has 0 heterocycles. The van der Waals surface area contributed by atoms with Crippen LogP contribution in [0.4, 0.5) is 0 Å². The van der Waals surface area contributed by atoms with E-state index < -0.39 is 12.2 Å². The normalized spacial score (nSPS) is 46.1. The van der Waals surface area contributed by atoms with Gasteiger partial charge in [0.2, 0.25) is 0 Å². The van der Waals surface area contributed by atoms with Crippen LogP contribution in [0.25, 0.3) is 0 Å². The van der Waals surface area contributed by atoms with Crippen molar-refractivity contribution in [3.05, 3.63) is 12.2 Å². The largest absolute Gasteiger partial charge is 0.390 e. The highest BCUT2D eigenvalue weighted by Crippen LogP contribution is 2.67. The van der Waals surface area contributed by atoms with Crippen molar-refractivity contribution in [1.29, 1.82) is 0 Å². The summed E-state index contributed by atoms with van der Waals surface area (Å²) in [5.41, 5.74) is 0.318. The van der Waals surface area contributed by atoms with E-state index in [1.54, 1.807) is 0 Å². The predicted octanol–water partition coefficient (Wildman–Crippen LogP) is 5.64. The first-order valence-electron chi connectivity index (χ1n) is 13.1. The van der Waals surface area contributed by atoms with Gasteiger partial charge in [-0.15, -0.1) is 0 Å². The zero-order valence-corrected chi connectivity index (χ0v) is 20.7. The quantitative estimate of drug-likeness (QED) is 0.555. The summed E-state index contributed by atoms with van der Waals surface area (Å²) in [5.74, 6) is 3.44. The van der Waals surface area contributed by atoms with Gasteiger partial charge in [0.05, 0.1) is 12.2 Å². The summed E-state index contributed by atoms with van der Waals surface area (Å²) in [7, 11) is 0. The lowest BCUT2D eigenvalue weighted by Gasteiger charge is -2.59. The molecule has 0 unspecified atom stereocenters. The molecule has 2 N–H and O–H groups in total. The molecule has 11 atom stereocenters. The number of hydrogen-bond donors (Lipinski definition) is 2. The number of carbonyl (C=O) groups excluding carboxylic acids is 1. The number of fused-ring (bicyclic) bond motifs is 5. The molecule has 0 spiro atoms. The molecule has 0 aromatic rings. The number of ketones is 1. The molecule has 0 bridgehead atoms. The van der Waals surface area contributed by atoms with Crippen molar-refractivity contribution in [1.82, 2.24) is 0 Å². The molecule has 3 heteroatoms. The van der Waals surface area contributed by atoms with Crippen molar-refractivity contribution >= 4 is 5.78 Å². The van der Waals surface area contributed by atoms with Gasteiger partial charge in [0.25, 0.3) is 0 Å². The highest BCUT2D eigenvalue weighted by molar-refractivity contribution is 5.83. The Balaban J connectivity index is 1.55. The summed E-state index contributed by atoms with van der Waals surface area (Å²) in [5, 5.41) is 22.0. The fraction of sp³-hybridized carbons (Fsp3) is 0.893. The van der Waals surface area contributed by atoms with E-state index in [9.17, 15) is 15.0 Å². The maximum absolute atomic E-state index is 13.2. The molecule has 0 amide bonds. The third kappa shape index (κ3) is 3.57. The van der Waals surface area contributed by atoms with Gasteiger partial charge in [-0.25, -0.2) is 0 Å². The van der Waals surface area contributed by atoms with Crippen molar-refractivity contribution in [2.75, 3.05) is 0 Å². The maximum atomic E-state index is 13.2. The Morgan fingerprint density at radius 3 is 2.29 bits per heavy atom. The van der Waals surface area contributed by atoms with Crippen molar-refractivity contribution in [3.63, 3.8) is 0 Å². The first kappa shape index (κ1) is 23.5. The summed E-state index contributed by atoms with van der Waals surface area (Å²) in [6.07, 6.45) is 10.7. The summed E-state index contributed by atoms with van der Waals surface area (Å²) in [6.45, 7) is 13.3. The van der Waals surface area contributed by atoms with Crippen LogP contribution < -0.4 is 0 Å². The average Bonchev–Trinajstić information content (AvgIpc) is 3.08. The van der Waals surface area contributed by atoms with E-state index in [1.165, 1.54) is 19.3 Å². The Kier molecular flexibility index (Phi) is 6.27. The van der Waals surface area contributed by atoms with Crippen molar-refractivity contribution < 1.29 is 15.0 Å². The van der Waals surface area contributed by atoms with E-state index in [2.05, 4.69) is 53.7 Å². The van der Waals surface area contributed by atoms with Crippen LogP contribution >= 0.6 is 0 Å². The number of aliphatic hydroxyl groups excluding tert-OH is 2. The lowest BCUT2D eigenvalue weighted by Crippen LogP contribution is -2.56. The lowest BCUT2D eigenvalue weighted by atomic mass is 9.45. The first-order valence-corrected chi connectivity index (χ1v) is 13.1. The molecule has 3 nitrogen and oxygen atoms in total. The number of Topliss-reactive ketones (excluding diaryl/α,β-unsaturated/α-hetero) is 1. The second-order valence-electron chi connectivity index (χ2n) is 12.7. The van der Waals surface area contributed by atoms with Gasteiger partial charge in [0, 0.05) is 12.3 Å². The van der Waals surface area contributed by atoms with Gasteiger partial charge in [-0.2, -0.15) is 0 Å². The lowest BCUT2D eigenvalue weighted by molar-refractivity contribution is -0.151. The molecular formula is C28H46O3. The zero-order valence-electron chi connectivity index (χ0n) is 20.7. The molecule has 3 saturated carbocycles. The Morgan fingerprint density at radius 2 is 1.61 bits per heavy atom. The summed E-state index contributed by atoms with van der Waals surface area (Å²) in [6, 6.07) is 0. The van der Waals surface area contributed by atoms with Gasteiger partial charge in [0.1, 0.15) is 5.78 Å². The van der Waals surface area contributed by atoms with E-state index in [-0.39, 0.29) is 28.6 Å². The summed E-state index contributed by atoms with van der Waals surface area (Å²) >= 11 is 0. The van der Waals surface area contributed by atoms with E-state index in [0.29, 0.717) is 35.4 Å². The van der Waals surface area contributed by atoms with Gasteiger partial charge in [0.15, 0.2) is 0 Å². The average molecular weight is 431 g/mol. The van der Waals surface area contributed by atoms with Crippen LogP contribution in [0.15, 0.2) is 12.2 Å². The van der Waals surface area contributed by atoms with Gasteiger partial charge in [-0.05, 0) is 90.8 Å². The Labute approximate surface area is 190 Å². The highest BCUT2D eigenvalue weighted by atomic mass is 16.3. The molecule has 4 aliphatic carbocycles. The minimum absolute atomic E-state index is 0.0861. The molecule has 3 fully saturated rings. The van der Waals surface area contributed by atoms with E-state index in [1.807, 2.05) is 0 Å². The third-order valence-electron chi connectivity index (χ3n) is 11.2. The van der Waals surface area contributed by atoms with E-state index >= 15 is 0 Å². The fourth-order valence-corrected chi connectivity index (χ4v) is 8.81. The monoisotopic (exact) mass is 430 g/mol. The molecular weight excluding hydrogens is 384 g/mol. The smallest absolute Gasteiger partial charge is 0.137 e. The zero-order chi connectivity index (χ0) is 22.7. The van der Waals surface area contributed by atoms with Crippen molar-refractivity contribution in [2.45, 2.75) is 98.7 Å². The summed E-state index contributed by atoms with van der Waals surface area (Å²) in [4.78, 5) is 13.2. The molecule has 0 aromatic carbocycles. The Hall–Kier alpha value is -0.670. The minimum Gasteiger partial charge on any atom is -0.390 e. The molecule has 0 radical (unpaired) electrons. The third-order valence-corrected chi connectivity index (χ3v) is 11.2. The van der Waals surface area contributed by atoms with Gasteiger partial charge >= 0.3 is 0 Å². The number of allylic oxidation sites excluding steroid dienone is 2. The SMILES string of the molecule is CC(C)[C@@H](C)[C@H](O)[C@@H](O)[C@@H](C)[C@H]1CC[C@H]2[C@@H]3CC(=O)[C@H]4CC=CC[C@]4(C)[C@H]3CC[C@]12C. The number of aliphatic hydroxyl groups is 2. The molecule has 31 heavy (non-hydrogen) atoms. The molecule has 0 aromatic heterocycles.